The molecule has 0 unspecified atom stereocenters. The molecular formula is C24H20ClN3O3. The van der Waals surface area contributed by atoms with Crippen molar-refractivity contribution in [3.8, 4) is 28.7 Å². The number of nitrogens with zero attached hydrogens (tertiary/aromatic N) is 2. The van der Waals surface area contributed by atoms with Gasteiger partial charge >= 0.3 is 0 Å². The van der Waals surface area contributed by atoms with E-state index in [1.165, 1.54) is 0 Å². The lowest BCUT2D eigenvalue weighted by Crippen LogP contribution is -2.20. The first-order valence-corrected chi connectivity index (χ1v) is 10.1. The predicted octanol–water partition coefficient (Wildman–Crippen LogP) is 5.69. The van der Waals surface area contributed by atoms with Gasteiger partial charge in [-0.15, -0.1) is 10.2 Å². The number of hydrogen-bond acceptors (Lipinski definition) is 5. The van der Waals surface area contributed by atoms with Crippen LogP contribution < -0.4 is 10.1 Å². The second kappa shape index (κ2) is 9.02. The zero-order valence-corrected chi connectivity index (χ0v) is 17.8. The van der Waals surface area contributed by atoms with Crippen LogP contribution in [-0.4, -0.2) is 22.7 Å². The van der Waals surface area contributed by atoms with Gasteiger partial charge in [-0.25, -0.2) is 0 Å². The third-order valence-electron chi connectivity index (χ3n) is 4.58. The van der Waals surface area contributed by atoms with Crippen LogP contribution in [-0.2, 0) is 4.79 Å². The number of nitrogens with one attached hydrogen (secondary N) is 1. The number of halogens is 1. The zero-order valence-electron chi connectivity index (χ0n) is 17.1. The standard InChI is InChI=1S/C24H20ClN3O3/c1-15-5-3-6-17(11-15)23-27-28-24(31-23)18-7-4-8-20(13-18)26-22(29)14-30-21-10-9-19(25)12-16(21)2/h3-13H,14H2,1-2H3,(H,26,29). The van der Waals surface area contributed by atoms with E-state index in [0.717, 1.165) is 16.7 Å². The maximum atomic E-state index is 12.3. The Morgan fingerprint density at radius 2 is 1.68 bits per heavy atom. The highest BCUT2D eigenvalue weighted by Crippen LogP contribution is 2.26. The van der Waals surface area contributed by atoms with Crippen LogP contribution in [0.4, 0.5) is 5.69 Å². The number of carbonyl (C=O) groups is 1. The number of rotatable bonds is 6. The summed E-state index contributed by atoms with van der Waals surface area (Å²) in [5.74, 6) is 1.15. The third kappa shape index (κ3) is 5.10. The largest absolute Gasteiger partial charge is 0.483 e. The second-order valence-corrected chi connectivity index (χ2v) is 7.55. The fourth-order valence-electron chi connectivity index (χ4n) is 3.08. The molecule has 1 amide bonds. The number of hydrogen-bond donors (Lipinski definition) is 1. The highest BCUT2D eigenvalue weighted by Gasteiger charge is 2.12. The van der Waals surface area contributed by atoms with E-state index < -0.39 is 0 Å². The molecule has 1 N–H and O–H groups in total. The first kappa shape index (κ1) is 20.6. The van der Waals surface area contributed by atoms with Crippen molar-refractivity contribution in [1.82, 2.24) is 10.2 Å². The smallest absolute Gasteiger partial charge is 0.262 e. The minimum absolute atomic E-state index is 0.120. The summed E-state index contributed by atoms with van der Waals surface area (Å²) in [6.45, 7) is 3.76. The first-order chi connectivity index (χ1) is 15.0. The van der Waals surface area contributed by atoms with Gasteiger partial charge in [-0.05, 0) is 67.9 Å². The van der Waals surface area contributed by atoms with Crippen LogP contribution in [0.1, 0.15) is 11.1 Å². The summed E-state index contributed by atoms with van der Waals surface area (Å²) in [5, 5.41) is 11.7. The Bertz CT molecular complexity index is 1240. The van der Waals surface area contributed by atoms with E-state index in [4.69, 9.17) is 20.8 Å². The molecule has 7 heteroatoms. The van der Waals surface area contributed by atoms with E-state index in [-0.39, 0.29) is 12.5 Å². The van der Waals surface area contributed by atoms with E-state index in [1.807, 2.05) is 50.2 Å². The highest BCUT2D eigenvalue weighted by atomic mass is 35.5. The van der Waals surface area contributed by atoms with E-state index >= 15 is 0 Å². The van der Waals surface area contributed by atoms with Crippen LogP contribution >= 0.6 is 11.6 Å². The van der Waals surface area contributed by atoms with Gasteiger partial charge in [0.2, 0.25) is 11.8 Å². The molecule has 0 saturated heterocycles. The van der Waals surface area contributed by atoms with Crippen molar-refractivity contribution in [3.05, 3.63) is 82.9 Å². The van der Waals surface area contributed by atoms with Gasteiger partial charge in [0.25, 0.3) is 5.91 Å². The molecule has 31 heavy (non-hydrogen) atoms. The van der Waals surface area contributed by atoms with E-state index in [2.05, 4.69) is 15.5 Å². The number of carbonyl (C=O) groups excluding carboxylic acids is 1. The van der Waals surface area contributed by atoms with Gasteiger partial charge in [0.15, 0.2) is 6.61 Å². The van der Waals surface area contributed by atoms with Crippen LogP contribution in [0, 0.1) is 13.8 Å². The summed E-state index contributed by atoms with van der Waals surface area (Å²) in [4.78, 5) is 12.3. The molecule has 6 nitrogen and oxygen atoms in total. The van der Waals surface area contributed by atoms with Gasteiger partial charge in [0.1, 0.15) is 5.75 Å². The number of aromatic nitrogens is 2. The Morgan fingerprint density at radius 1 is 0.968 bits per heavy atom. The minimum atomic E-state index is -0.280. The Morgan fingerprint density at radius 3 is 2.39 bits per heavy atom. The minimum Gasteiger partial charge on any atom is -0.483 e. The summed E-state index contributed by atoms with van der Waals surface area (Å²) in [7, 11) is 0. The Balaban J connectivity index is 1.43. The molecule has 4 rings (SSSR count). The van der Waals surface area contributed by atoms with Crippen LogP contribution in [0.15, 0.2) is 71.1 Å². The lowest BCUT2D eigenvalue weighted by atomic mass is 10.1. The average Bonchev–Trinajstić information content (AvgIpc) is 3.24. The first-order valence-electron chi connectivity index (χ1n) is 9.68. The van der Waals surface area contributed by atoms with Crippen molar-refractivity contribution in [3.63, 3.8) is 0 Å². The van der Waals surface area contributed by atoms with Crippen molar-refractivity contribution in [2.24, 2.45) is 0 Å². The SMILES string of the molecule is Cc1cccc(-c2nnc(-c3cccc(NC(=O)COc4ccc(Cl)cc4C)c3)o2)c1. The second-order valence-electron chi connectivity index (χ2n) is 7.11. The molecule has 0 fully saturated rings. The summed E-state index contributed by atoms with van der Waals surface area (Å²) < 4.78 is 11.4. The van der Waals surface area contributed by atoms with Crippen molar-refractivity contribution in [2.75, 3.05) is 11.9 Å². The monoisotopic (exact) mass is 433 g/mol. The number of aryl methyl sites for hydroxylation is 2. The number of benzene rings is 3. The molecule has 0 spiro atoms. The van der Waals surface area contributed by atoms with Crippen LogP contribution in [0.5, 0.6) is 5.75 Å². The molecule has 1 heterocycles. The maximum Gasteiger partial charge on any atom is 0.262 e. The van der Waals surface area contributed by atoms with Gasteiger partial charge in [-0.2, -0.15) is 0 Å². The summed E-state index contributed by atoms with van der Waals surface area (Å²) in [6.07, 6.45) is 0. The summed E-state index contributed by atoms with van der Waals surface area (Å²) >= 11 is 5.94. The molecule has 0 atom stereocenters. The zero-order chi connectivity index (χ0) is 21.8. The van der Waals surface area contributed by atoms with E-state index in [1.54, 1.807) is 30.3 Å². The maximum absolute atomic E-state index is 12.3. The normalized spacial score (nSPS) is 10.7. The fourth-order valence-corrected chi connectivity index (χ4v) is 3.31. The number of anilines is 1. The molecule has 4 aromatic rings. The Kier molecular flexibility index (Phi) is 6.00. The molecule has 0 aliphatic carbocycles. The average molecular weight is 434 g/mol. The summed E-state index contributed by atoms with van der Waals surface area (Å²) in [5.41, 5.74) is 4.15. The van der Waals surface area contributed by atoms with Crippen LogP contribution in [0.25, 0.3) is 22.9 Å². The highest BCUT2D eigenvalue weighted by molar-refractivity contribution is 6.30. The third-order valence-corrected chi connectivity index (χ3v) is 4.81. The molecule has 0 radical (unpaired) electrons. The van der Waals surface area contributed by atoms with E-state index in [9.17, 15) is 4.79 Å². The quantitative estimate of drug-likeness (QED) is 0.422. The molecule has 1 aromatic heterocycles. The van der Waals surface area contributed by atoms with Crippen molar-refractivity contribution in [2.45, 2.75) is 13.8 Å². The molecular weight excluding hydrogens is 414 g/mol. The van der Waals surface area contributed by atoms with Gasteiger partial charge in [-0.1, -0.05) is 35.4 Å². The van der Waals surface area contributed by atoms with Gasteiger partial charge < -0.3 is 14.5 Å². The fraction of sp³-hybridized carbons (Fsp3) is 0.125. The van der Waals surface area contributed by atoms with Gasteiger partial charge in [0, 0.05) is 21.8 Å². The van der Waals surface area contributed by atoms with Crippen LogP contribution in [0.2, 0.25) is 5.02 Å². The Labute approximate surface area is 184 Å². The summed E-state index contributed by atoms with van der Waals surface area (Å²) in [6, 6.07) is 20.3. The molecule has 0 saturated carbocycles. The van der Waals surface area contributed by atoms with Crippen molar-refractivity contribution < 1.29 is 13.9 Å². The van der Waals surface area contributed by atoms with Crippen molar-refractivity contribution in [1.29, 1.82) is 0 Å². The van der Waals surface area contributed by atoms with Gasteiger partial charge in [-0.3, -0.25) is 4.79 Å². The molecule has 0 bridgehead atoms. The molecule has 0 aliphatic heterocycles. The van der Waals surface area contributed by atoms with E-state index in [0.29, 0.717) is 33.8 Å². The lowest BCUT2D eigenvalue weighted by molar-refractivity contribution is -0.118. The molecule has 3 aromatic carbocycles. The number of amides is 1. The molecule has 156 valence electrons. The van der Waals surface area contributed by atoms with Gasteiger partial charge in [0.05, 0.1) is 0 Å². The van der Waals surface area contributed by atoms with Crippen molar-refractivity contribution >= 4 is 23.2 Å². The lowest BCUT2D eigenvalue weighted by Gasteiger charge is -2.10. The predicted molar refractivity (Wildman–Crippen MR) is 120 cm³/mol. The Hall–Kier alpha value is -3.64. The topological polar surface area (TPSA) is 77.2 Å². The van der Waals surface area contributed by atoms with Crippen LogP contribution in [0.3, 0.4) is 0 Å². The molecule has 0 aliphatic rings. The number of ether oxygens (including phenoxy) is 1.